The highest BCUT2D eigenvalue weighted by Crippen LogP contribution is 2.87. The minimum absolute atomic E-state index is 0.0277. The lowest BCUT2D eigenvalue weighted by Crippen LogP contribution is -2.54. The molecular weight excluding hydrogens is 414 g/mol. The quantitative estimate of drug-likeness (QED) is 0.599. The van der Waals surface area contributed by atoms with E-state index in [-0.39, 0.29) is 23.7 Å². The van der Waals surface area contributed by atoms with E-state index in [1.165, 1.54) is 44.9 Å². The molecule has 6 rings (SSSR count). The number of hydrogen-bond acceptors (Lipinski definition) is 4. The number of nitrogens with one attached hydrogen (secondary N) is 1. The van der Waals surface area contributed by atoms with Crippen molar-refractivity contribution in [3.05, 3.63) is 0 Å². The molecule has 6 fully saturated rings. The van der Waals surface area contributed by atoms with Crippen LogP contribution in [0.2, 0.25) is 0 Å². The number of carbonyl (C=O) groups excluding carboxylic acids is 1. The molecule has 1 heterocycles. The molecule has 5 saturated carbocycles. The van der Waals surface area contributed by atoms with Crippen LogP contribution in [0.5, 0.6) is 0 Å². The summed E-state index contributed by atoms with van der Waals surface area (Å²) in [5, 5.41) is 13.4. The Labute approximate surface area is 199 Å². The molecule has 5 aliphatic carbocycles. The first kappa shape index (κ1) is 22.6. The van der Waals surface area contributed by atoms with Gasteiger partial charge in [-0.1, -0.05) is 27.7 Å². The first-order valence-electron chi connectivity index (χ1n) is 13.8. The molecule has 0 aromatic carbocycles. The van der Waals surface area contributed by atoms with E-state index >= 15 is 0 Å². The predicted molar refractivity (Wildman–Crippen MR) is 127 cm³/mol. The number of hydrogen-bond donors (Lipinski definition) is 2. The van der Waals surface area contributed by atoms with Crippen LogP contribution in [0.15, 0.2) is 0 Å². The van der Waals surface area contributed by atoms with Crippen LogP contribution in [0.1, 0.15) is 85.5 Å². The molecule has 2 N–H and O–H groups in total. The van der Waals surface area contributed by atoms with E-state index in [1.807, 2.05) is 0 Å². The number of ether oxygens (including phenoxy) is 2. The number of carbonyl (C=O) groups is 1. The van der Waals surface area contributed by atoms with Gasteiger partial charge in [-0.05, 0) is 109 Å². The zero-order chi connectivity index (χ0) is 23.4. The molecule has 5 heteroatoms. The fourth-order valence-corrected chi connectivity index (χ4v) is 11.3. The molecule has 186 valence electrons. The average Bonchev–Trinajstić information content (AvgIpc) is 3.34. The average molecular weight is 460 g/mol. The Morgan fingerprint density at radius 2 is 1.85 bits per heavy atom. The molecule has 11 atom stereocenters. The maximum atomic E-state index is 11.6. The van der Waals surface area contributed by atoms with Crippen molar-refractivity contribution in [3.63, 3.8) is 0 Å². The van der Waals surface area contributed by atoms with Crippen LogP contribution < -0.4 is 5.32 Å². The van der Waals surface area contributed by atoms with Gasteiger partial charge in [0, 0.05) is 7.05 Å². The van der Waals surface area contributed by atoms with Crippen molar-refractivity contribution in [1.29, 1.82) is 0 Å². The molecule has 1 saturated heterocycles. The molecule has 2 spiro atoms. The number of aliphatic hydroxyl groups excluding tert-OH is 1. The maximum absolute atomic E-state index is 11.6. The van der Waals surface area contributed by atoms with Gasteiger partial charge in [0.15, 0.2) is 0 Å². The molecule has 1 amide bonds. The maximum Gasteiger partial charge on any atom is 0.406 e. The molecule has 6 aliphatic rings. The third-order valence-corrected chi connectivity index (χ3v) is 12.6. The zero-order valence-corrected chi connectivity index (χ0v) is 21.4. The molecule has 0 aromatic rings. The second kappa shape index (κ2) is 7.12. The smallest absolute Gasteiger partial charge is 0.406 e. The minimum atomic E-state index is -0.362. The summed E-state index contributed by atoms with van der Waals surface area (Å²) >= 11 is 0. The molecule has 5 nitrogen and oxygen atoms in total. The lowest BCUT2D eigenvalue weighted by Gasteiger charge is -2.59. The Balaban J connectivity index is 1.24. The molecule has 0 radical (unpaired) electrons. The van der Waals surface area contributed by atoms with E-state index in [0.717, 1.165) is 24.7 Å². The fraction of sp³-hybridized carbons (Fsp3) is 0.964. The second-order valence-corrected chi connectivity index (χ2v) is 13.8. The van der Waals surface area contributed by atoms with Crippen molar-refractivity contribution in [2.24, 2.45) is 51.2 Å². The Hall–Kier alpha value is -0.810. The standard InChI is InChI=1S/C28H45NO4/c1-16-12-17(14-32-24(31)29-5)33-20-13-19-18-6-7-21-25(2,3)22(30)8-9-28(21)15-27(18,28)11-10-26(19,4)23(16)20/h16-23,30H,6-15H2,1-5H3,(H,29,31)/t16-,17?,18?,19?,20?,21?,22?,23?,26?,27?,28?/m1/s1. The van der Waals surface area contributed by atoms with E-state index in [0.29, 0.717) is 46.7 Å². The van der Waals surface area contributed by atoms with Crippen LogP contribution in [0.4, 0.5) is 4.79 Å². The molecule has 0 aromatic heterocycles. The largest absolute Gasteiger partial charge is 0.447 e. The van der Waals surface area contributed by atoms with E-state index < -0.39 is 0 Å². The molecule has 10 unspecified atom stereocenters. The molecule has 1 aliphatic heterocycles. The van der Waals surface area contributed by atoms with Crippen LogP contribution in [-0.4, -0.2) is 43.2 Å². The lowest BCUT2D eigenvalue weighted by molar-refractivity contribution is -0.146. The van der Waals surface area contributed by atoms with Gasteiger partial charge < -0.3 is 19.9 Å². The Morgan fingerprint density at radius 1 is 1.06 bits per heavy atom. The number of rotatable bonds is 2. The van der Waals surface area contributed by atoms with Crippen molar-refractivity contribution >= 4 is 6.09 Å². The summed E-state index contributed by atoms with van der Waals surface area (Å²) in [6.07, 6.45) is 11.1. The second-order valence-electron chi connectivity index (χ2n) is 13.8. The summed E-state index contributed by atoms with van der Waals surface area (Å²) in [5.41, 5.74) is 1.49. The number of aliphatic hydroxyl groups is 1. The van der Waals surface area contributed by atoms with Gasteiger partial charge in [-0.2, -0.15) is 0 Å². The summed E-state index contributed by atoms with van der Waals surface area (Å²) in [6.45, 7) is 10.1. The minimum Gasteiger partial charge on any atom is -0.447 e. The van der Waals surface area contributed by atoms with Gasteiger partial charge in [0.1, 0.15) is 6.61 Å². The van der Waals surface area contributed by atoms with E-state index in [9.17, 15) is 9.90 Å². The summed E-state index contributed by atoms with van der Waals surface area (Å²) in [7, 11) is 1.61. The fourth-order valence-electron chi connectivity index (χ4n) is 11.3. The molecular formula is C28H45NO4. The predicted octanol–water partition coefficient (Wildman–Crippen LogP) is 5.16. The van der Waals surface area contributed by atoms with Crippen molar-refractivity contribution in [2.45, 2.75) is 104 Å². The number of amides is 1. The topological polar surface area (TPSA) is 67.8 Å². The van der Waals surface area contributed by atoms with Crippen molar-refractivity contribution in [1.82, 2.24) is 5.32 Å². The highest BCUT2D eigenvalue weighted by atomic mass is 16.6. The van der Waals surface area contributed by atoms with Crippen LogP contribution in [-0.2, 0) is 9.47 Å². The van der Waals surface area contributed by atoms with Gasteiger partial charge in [-0.3, -0.25) is 0 Å². The van der Waals surface area contributed by atoms with Gasteiger partial charge in [-0.15, -0.1) is 0 Å². The highest BCUT2D eigenvalue weighted by Gasteiger charge is 2.80. The van der Waals surface area contributed by atoms with E-state index in [2.05, 4.69) is 33.0 Å². The summed E-state index contributed by atoms with van der Waals surface area (Å²) in [6, 6.07) is 0. The summed E-state index contributed by atoms with van der Waals surface area (Å²) < 4.78 is 12.0. The zero-order valence-electron chi connectivity index (χ0n) is 21.4. The van der Waals surface area contributed by atoms with Gasteiger partial charge in [-0.25, -0.2) is 4.79 Å². The first-order chi connectivity index (χ1) is 15.6. The Bertz CT molecular complexity index is 829. The normalized spacial score (nSPS) is 55.8. The van der Waals surface area contributed by atoms with Crippen LogP contribution >= 0.6 is 0 Å². The Morgan fingerprint density at radius 3 is 2.61 bits per heavy atom. The van der Waals surface area contributed by atoms with Gasteiger partial charge in [0.05, 0.1) is 18.3 Å². The Kier molecular flexibility index (Phi) is 4.88. The van der Waals surface area contributed by atoms with Crippen molar-refractivity contribution in [2.75, 3.05) is 13.7 Å². The third-order valence-electron chi connectivity index (χ3n) is 12.6. The number of fused-ring (bicyclic) bond motifs is 4. The summed E-state index contributed by atoms with van der Waals surface area (Å²) in [5.74, 6) is 3.53. The van der Waals surface area contributed by atoms with Crippen LogP contribution in [0, 0.1) is 51.2 Å². The summed E-state index contributed by atoms with van der Waals surface area (Å²) in [4.78, 5) is 11.6. The monoisotopic (exact) mass is 459 g/mol. The lowest BCUT2D eigenvalue weighted by atomic mass is 9.46. The van der Waals surface area contributed by atoms with Gasteiger partial charge in [0.25, 0.3) is 0 Å². The molecule has 33 heavy (non-hydrogen) atoms. The SMILES string of the molecule is CNC(=O)OCC1C[C@@H](C)C2C(CC3C4CCC5C(C)(C)C(O)CCC56CC46CCC32C)O1. The highest BCUT2D eigenvalue weighted by molar-refractivity contribution is 5.66. The van der Waals surface area contributed by atoms with Crippen molar-refractivity contribution in [3.8, 4) is 0 Å². The molecule has 0 bridgehead atoms. The van der Waals surface area contributed by atoms with Crippen LogP contribution in [0.3, 0.4) is 0 Å². The van der Waals surface area contributed by atoms with Crippen LogP contribution in [0.25, 0.3) is 0 Å². The van der Waals surface area contributed by atoms with Gasteiger partial charge in [0.2, 0.25) is 0 Å². The van der Waals surface area contributed by atoms with E-state index in [4.69, 9.17) is 9.47 Å². The van der Waals surface area contributed by atoms with E-state index in [1.54, 1.807) is 7.05 Å². The van der Waals surface area contributed by atoms with Gasteiger partial charge >= 0.3 is 6.09 Å². The third kappa shape index (κ3) is 2.81. The van der Waals surface area contributed by atoms with Crippen molar-refractivity contribution < 1.29 is 19.4 Å². The first-order valence-corrected chi connectivity index (χ1v) is 13.8. The number of alkyl carbamates (subject to hydrolysis) is 1.